The molecule has 0 N–H and O–H groups in total. The third-order valence-electron chi connectivity index (χ3n) is 17.2. The van der Waals surface area contributed by atoms with Crippen LogP contribution in [0.25, 0.3) is 0 Å². The van der Waals surface area contributed by atoms with Gasteiger partial charge in [-0.2, -0.15) is 11.8 Å². The first-order valence-corrected chi connectivity index (χ1v) is 29.8. The number of aryl methyl sites for hydroxylation is 2. The maximum Gasteiger partial charge on any atom is 0.510 e. The van der Waals surface area contributed by atoms with Gasteiger partial charge < -0.3 is 38.5 Å². The standard InChI is InChI=1S/C33H47N3O3S.C31H43N3O3/c1-35(2)30(20-17-26-11-7-5-8-12-26)29-18-15-27(16-19-29)23-31-33(21-22-40-4,39-32(37)38-3)34-25-36(31)24-28-13-9-6-10-14-28;1-31(37-30(35)36-4)29(34(23-32-31)22-26-13-9-6-10-14-26)21-25-15-18-27(19-16-25)28(33(2)3)20-17-24-11-7-5-8-12-24/h5-14,25,27,29-31H,15-24H2,1-4H3;5-14,23,25,27-29H,15-22H2,1-4H3. The Morgan fingerprint density at radius 3 is 1.38 bits per heavy atom. The lowest BCUT2D eigenvalue weighted by atomic mass is 9.74. The third kappa shape index (κ3) is 17.1. The van der Waals surface area contributed by atoms with Crippen molar-refractivity contribution in [1.29, 1.82) is 0 Å². The fraction of sp³-hybridized carbons (Fsp3) is 0.562. The molecule has 6 atom stereocenters. The van der Waals surface area contributed by atoms with Gasteiger partial charge in [0.15, 0.2) is 0 Å². The molecule has 418 valence electrons. The number of thioether (sulfide) groups is 1. The molecule has 2 fully saturated rings. The lowest BCUT2D eigenvalue weighted by Crippen LogP contribution is -2.50. The largest absolute Gasteiger partial charge is 0.510 e. The van der Waals surface area contributed by atoms with Crippen LogP contribution in [-0.2, 0) is 44.9 Å². The Bertz CT molecular complexity index is 2400. The van der Waals surface area contributed by atoms with Crippen LogP contribution in [0.3, 0.4) is 0 Å². The Labute approximate surface area is 466 Å². The molecule has 4 aromatic carbocycles. The predicted octanol–water partition coefficient (Wildman–Crippen LogP) is 13.0. The third-order valence-corrected chi connectivity index (χ3v) is 17.9. The molecule has 8 rings (SSSR count). The molecule has 2 aliphatic heterocycles. The zero-order chi connectivity index (χ0) is 54.6. The lowest BCUT2D eigenvalue weighted by molar-refractivity contribution is -0.0598. The molecule has 0 aromatic heterocycles. The second-order valence-electron chi connectivity index (χ2n) is 22.7. The first-order valence-electron chi connectivity index (χ1n) is 28.5. The Morgan fingerprint density at radius 1 is 0.571 bits per heavy atom. The molecule has 13 heteroatoms. The molecule has 0 saturated heterocycles. The topological polar surface area (TPSA) is 109 Å². The summed E-state index contributed by atoms with van der Waals surface area (Å²) in [6, 6.07) is 43.7. The highest BCUT2D eigenvalue weighted by atomic mass is 32.2. The molecule has 2 saturated carbocycles. The van der Waals surface area contributed by atoms with E-state index in [9.17, 15) is 9.59 Å². The zero-order valence-corrected chi connectivity index (χ0v) is 48.4. The highest BCUT2D eigenvalue weighted by Crippen LogP contribution is 2.43. The highest BCUT2D eigenvalue weighted by molar-refractivity contribution is 7.98. The van der Waals surface area contributed by atoms with Gasteiger partial charge in [0.05, 0.1) is 39.0 Å². The molecule has 77 heavy (non-hydrogen) atoms. The second kappa shape index (κ2) is 29.6. The molecule has 4 aromatic rings. The van der Waals surface area contributed by atoms with Crippen molar-refractivity contribution in [3.05, 3.63) is 144 Å². The van der Waals surface area contributed by atoms with Crippen molar-refractivity contribution in [2.75, 3.05) is 54.4 Å². The Balaban J connectivity index is 0.000000224. The molecule has 0 radical (unpaired) electrons. The minimum Gasteiger partial charge on any atom is -0.438 e. The van der Waals surface area contributed by atoms with Crippen LogP contribution in [0.4, 0.5) is 9.59 Å². The minimum atomic E-state index is -0.944. The van der Waals surface area contributed by atoms with E-state index in [4.69, 9.17) is 23.9 Å². The van der Waals surface area contributed by atoms with Crippen molar-refractivity contribution in [3.8, 4) is 0 Å². The van der Waals surface area contributed by atoms with Crippen LogP contribution in [0.5, 0.6) is 0 Å². The average molecular weight is 1070 g/mol. The normalized spacial score (nSPS) is 25.7. The number of hydrogen-bond donors (Lipinski definition) is 0. The summed E-state index contributed by atoms with van der Waals surface area (Å²) >= 11 is 1.75. The van der Waals surface area contributed by atoms with Crippen molar-refractivity contribution in [1.82, 2.24) is 19.6 Å². The number of methoxy groups -OCH3 is 2. The van der Waals surface area contributed by atoms with E-state index >= 15 is 0 Å². The van der Waals surface area contributed by atoms with Crippen LogP contribution >= 0.6 is 11.8 Å². The molecule has 2 aliphatic carbocycles. The molecule has 0 amide bonds. The van der Waals surface area contributed by atoms with E-state index in [1.54, 1.807) is 11.8 Å². The Hall–Kier alpha value is -5.37. The number of benzene rings is 4. The van der Waals surface area contributed by atoms with Gasteiger partial charge in [0.2, 0.25) is 11.4 Å². The molecule has 2 heterocycles. The Kier molecular flexibility index (Phi) is 22.8. The molecule has 0 bridgehead atoms. The Morgan fingerprint density at radius 2 is 0.961 bits per heavy atom. The average Bonchev–Trinajstić information content (AvgIpc) is 3.93. The first-order chi connectivity index (χ1) is 37.3. The van der Waals surface area contributed by atoms with Gasteiger partial charge in [-0.05, 0) is 157 Å². The maximum absolute atomic E-state index is 12.4. The summed E-state index contributed by atoms with van der Waals surface area (Å²) < 4.78 is 21.5. The summed E-state index contributed by atoms with van der Waals surface area (Å²) in [5.74, 6) is 3.45. The number of rotatable bonds is 23. The molecule has 6 unspecified atom stereocenters. The number of ether oxygens (including phenoxy) is 4. The number of aliphatic imine (C=N–C) groups is 2. The molecule has 4 aliphatic rings. The van der Waals surface area contributed by atoms with Crippen molar-refractivity contribution in [2.45, 2.75) is 152 Å². The van der Waals surface area contributed by atoms with Crippen LogP contribution in [0.15, 0.2) is 131 Å². The van der Waals surface area contributed by atoms with Crippen LogP contribution in [-0.4, -0.2) is 135 Å². The summed E-state index contributed by atoms with van der Waals surface area (Å²) in [6.45, 7) is 3.40. The van der Waals surface area contributed by atoms with Crippen molar-refractivity contribution in [2.24, 2.45) is 33.7 Å². The fourth-order valence-corrected chi connectivity index (χ4v) is 13.4. The number of hydrogen-bond acceptors (Lipinski definition) is 13. The number of carbonyl (C=O) groups is 2. The maximum atomic E-state index is 12.4. The summed E-state index contributed by atoms with van der Waals surface area (Å²) in [5, 5.41) is 0. The monoisotopic (exact) mass is 1070 g/mol. The molecular formula is C64H90N6O6S. The van der Waals surface area contributed by atoms with E-state index in [0.29, 0.717) is 42.2 Å². The van der Waals surface area contributed by atoms with E-state index in [0.717, 1.165) is 44.5 Å². The van der Waals surface area contributed by atoms with Crippen LogP contribution in [0, 0.1) is 23.7 Å². The van der Waals surface area contributed by atoms with Gasteiger partial charge in [0, 0.05) is 31.6 Å². The van der Waals surface area contributed by atoms with Crippen LogP contribution in [0.1, 0.15) is 113 Å². The van der Waals surface area contributed by atoms with Gasteiger partial charge in [0.1, 0.15) is 0 Å². The molecule has 0 spiro atoms. The molecule has 12 nitrogen and oxygen atoms in total. The van der Waals surface area contributed by atoms with Crippen molar-refractivity contribution < 1.29 is 28.5 Å². The van der Waals surface area contributed by atoms with Gasteiger partial charge in [-0.15, -0.1) is 0 Å². The van der Waals surface area contributed by atoms with E-state index in [2.05, 4.69) is 168 Å². The summed E-state index contributed by atoms with van der Waals surface area (Å²) in [7, 11) is 11.7. The molecular weight excluding hydrogens is 981 g/mol. The lowest BCUT2D eigenvalue weighted by Gasteiger charge is -2.41. The van der Waals surface area contributed by atoms with E-state index in [-0.39, 0.29) is 12.1 Å². The fourth-order valence-electron chi connectivity index (χ4n) is 12.9. The van der Waals surface area contributed by atoms with Crippen molar-refractivity contribution in [3.63, 3.8) is 0 Å². The zero-order valence-electron chi connectivity index (χ0n) is 47.6. The number of carbonyl (C=O) groups excluding carboxylic acids is 2. The van der Waals surface area contributed by atoms with Gasteiger partial charge in [-0.1, -0.05) is 147 Å². The van der Waals surface area contributed by atoms with Crippen LogP contribution < -0.4 is 0 Å². The van der Waals surface area contributed by atoms with E-state index in [1.807, 2.05) is 31.7 Å². The van der Waals surface area contributed by atoms with Gasteiger partial charge in [-0.25, -0.2) is 19.6 Å². The van der Waals surface area contributed by atoms with Gasteiger partial charge in [-0.3, -0.25) is 0 Å². The predicted molar refractivity (Wildman–Crippen MR) is 314 cm³/mol. The SMILES string of the molecule is COC(=O)OC1(C)N=CN(Cc2ccccc2)C1CC1CCC(C(CCc2ccccc2)N(C)C)CC1.COC(=O)OC1(CCSC)N=CN(Cc2ccccc2)C1CC1CCC(C(CCc2ccccc2)N(C)C)CC1. The minimum absolute atomic E-state index is 0.0109. The van der Waals surface area contributed by atoms with E-state index in [1.165, 1.54) is 101 Å². The van der Waals surface area contributed by atoms with Gasteiger partial charge >= 0.3 is 12.3 Å². The number of nitrogens with zero attached hydrogens (tertiary/aromatic N) is 6. The van der Waals surface area contributed by atoms with Gasteiger partial charge in [0.25, 0.3) is 0 Å². The quantitative estimate of drug-likeness (QED) is 0.0663. The van der Waals surface area contributed by atoms with E-state index < -0.39 is 23.8 Å². The highest BCUT2D eigenvalue weighted by Gasteiger charge is 2.50. The summed E-state index contributed by atoms with van der Waals surface area (Å²) in [5.41, 5.74) is 3.44. The summed E-state index contributed by atoms with van der Waals surface area (Å²) in [6.07, 6.45) is 21.5. The van der Waals surface area contributed by atoms with Crippen LogP contribution in [0.2, 0.25) is 0 Å². The smallest absolute Gasteiger partial charge is 0.438 e. The first kappa shape index (κ1) is 59.3. The summed E-state index contributed by atoms with van der Waals surface area (Å²) in [4.78, 5) is 43.5. The van der Waals surface area contributed by atoms with Crippen molar-refractivity contribution >= 4 is 36.7 Å². The second-order valence-corrected chi connectivity index (χ2v) is 23.7.